The highest BCUT2D eigenvalue weighted by atomic mass is 79.9. The lowest BCUT2D eigenvalue weighted by Gasteiger charge is -2.10. The number of phenols is 1. The number of ether oxygens (including phenoxy) is 1. The maximum atomic E-state index is 11.7. The Bertz CT molecular complexity index is 475. The van der Waals surface area contributed by atoms with Gasteiger partial charge in [0.2, 0.25) is 0 Å². The normalized spacial score (nSPS) is 11.9. The van der Waals surface area contributed by atoms with Gasteiger partial charge in [0.25, 0.3) is 0 Å². The molecule has 0 unspecified atom stereocenters. The van der Waals surface area contributed by atoms with Gasteiger partial charge < -0.3 is 9.84 Å². The first kappa shape index (κ1) is 10.1. The highest BCUT2D eigenvalue weighted by Crippen LogP contribution is 2.28. The van der Waals surface area contributed by atoms with Crippen molar-refractivity contribution in [3.63, 3.8) is 0 Å². The second-order valence-electron chi connectivity index (χ2n) is 3.36. The number of phenolic OH excluding ortho intramolecular Hbond substituents is 1. The first-order valence-corrected chi connectivity index (χ1v) is 5.83. The maximum Gasteiger partial charge on any atom is 0.338 e. The predicted molar refractivity (Wildman–Crippen MR) is 65.8 cm³/mol. The van der Waals surface area contributed by atoms with Gasteiger partial charge in [-0.05, 0) is 24.9 Å². The fourth-order valence-corrected chi connectivity index (χ4v) is 1.77. The van der Waals surface area contributed by atoms with Crippen molar-refractivity contribution >= 4 is 21.9 Å². The van der Waals surface area contributed by atoms with E-state index in [0.717, 1.165) is 12.8 Å². The van der Waals surface area contributed by atoms with Crippen molar-refractivity contribution in [2.24, 2.45) is 0 Å². The van der Waals surface area contributed by atoms with Crippen LogP contribution in [0.3, 0.4) is 0 Å². The zero-order chi connectivity index (χ0) is 13.9. The van der Waals surface area contributed by atoms with Crippen LogP contribution >= 0.6 is 15.9 Å². The van der Waals surface area contributed by atoms with Gasteiger partial charge in [0.15, 0.2) is 0 Å². The monoisotopic (exact) mass is 288 g/mol. The largest absolute Gasteiger partial charge is 0.508 e. The number of methoxy groups -OCH3 is 1. The Labute approximate surface area is 106 Å². The van der Waals surface area contributed by atoms with E-state index < -0.39 is 5.97 Å². The third-order valence-electron chi connectivity index (χ3n) is 2.22. The summed E-state index contributed by atoms with van der Waals surface area (Å²) in [6, 6.07) is -0.283. The standard InChI is InChI=1S/C12H15BrO3/c1-3-4-5-9-10(12(15)16-2)6-8(13)7-11(9)14/h6-7,14H,3-5H2,1-2H3/i6D,7D. The lowest BCUT2D eigenvalue weighted by atomic mass is 10.0. The van der Waals surface area contributed by atoms with Crippen molar-refractivity contribution in [2.75, 3.05) is 7.11 Å². The third-order valence-corrected chi connectivity index (χ3v) is 2.62. The molecule has 1 aromatic rings. The van der Waals surface area contributed by atoms with Crippen molar-refractivity contribution in [3.05, 3.63) is 27.7 Å². The number of carbonyl (C=O) groups is 1. The number of hydrogen-bond acceptors (Lipinski definition) is 3. The Balaban J connectivity index is 3.48. The molecule has 1 N–H and O–H groups in total. The molecule has 88 valence electrons. The molecule has 0 saturated carbocycles. The molecule has 0 spiro atoms. The van der Waals surface area contributed by atoms with Gasteiger partial charge in [-0.25, -0.2) is 4.79 Å². The van der Waals surface area contributed by atoms with Crippen molar-refractivity contribution < 1.29 is 17.4 Å². The summed E-state index contributed by atoms with van der Waals surface area (Å²) in [5.74, 6) is -0.922. The SMILES string of the molecule is [2H]c1c(O)c(CCCC)c(C(=O)OC)c([2H])c1Br. The quantitative estimate of drug-likeness (QED) is 0.865. The predicted octanol–water partition coefficient (Wildman–Crippen LogP) is 3.28. The Hall–Kier alpha value is -1.03. The van der Waals surface area contributed by atoms with Crippen molar-refractivity contribution in [1.82, 2.24) is 0 Å². The van der Waals surface area contributed by atoms with Crippen LogP contribution in [0.15, 0.2) is 16.6 Å². The summed E-state index contributed by atoms with van der Waals surface area (Å²) in [5.41, 5.74) is 0.355. The average Bonchev–Trinajstić information content (AvgIpc) is 2.38. The summed E-state index contributed by atoms with van der Waals surface area (Å²) in [6.07, 6.45) is 2.09. The van der Waals surface area contributed by atoms with Crippen molar-refractivity contribution in [1.29, 1.82) is 0 Å². The molecule has 0 aliphatic rings. The number of esters is 1. The van der Waals surface area contributed by atoms with E-state index in [4.69, 9.17) is 2.74 Å². The molecule has 4 heteroatoms. The van der Waals surface area contributed by atoms with Gasteiger partial charge in [-0.15, -0.1) is 0 Å². The summed E-state index contributed by atoms with van der Waals surface area (Å²) >= 11 is 3.04. The fraction of sp³-hybridized carbons (Fsp3) is 0.417. The van der Waals surface area contributed by atoms with E-state index in [1.807, 2.05) is 6.92 Å². The van der Waals surface area contributed by atoms with Crippen LogP contribution in [0.1, 0.15) is 38.4 Å². The first-order valence-electron chi connectivity index (χ1n) is 6.04. The van der Waals surface area contributed by atoms with E-state index in [1.54, 1.807) is 0 Å². The molecule has 1 aromatic carbocycles. The van der Waals surface area contributed by atoms with Crippen LogP contribution in [-0.2, 0) is 11.2 Å². The summed E-state index contributed by atoms with van der Waals surface area (Å²) in [4.78, 5) is 11.7. The zero-order valence-electron chi connectivity index (χ0n) is 11.3. The van der Waals surface area contributed by atoms with Crippen LogP contribution in [0.2, 0.25) is 0 Å². The van der Waals surface area contributed by atoms with E-state index >= 15 is 0 Å². The minimum absolute atomic E-state index is 0.0336. The fourth-order valence-electron chi connectivity index (χ4n) is 1.39. The van der Waals surface area contributed by atoms with Gasteiger partial charge in [-0.2, -0.15) is 0 Å². The molecule has 0 aliphatic carbocycles. The van der Waals surface area contributed by atoms with Gasteiger partial charge in [-0.3, -0.25) is 0 Å². The molecule has 0 fully saturated rings. The molecule has 0 aromatic heterocycles. The zero-order valence-corrected chi connectivity index (χ0v) is 10.8. The smallest absolute Gasteiger partial charge is 0.338 e. The third kappa shape index (κ3) is 2.98. The van der Waals surface area contributed by atoms with Crippen molar-refractivity contribution in [2.45, 2.75) is 26.2 Å². The molecule has 1 rings (SSSR count). The van der Waals surface area contributed by atoms with Gasteiger partial charge in [0.1, 0.15) is 5.75 Å². The number of hydrogen-bond donors (Lipinski definition) is 1. The highest BCUT2D eigenvalue weighted by Gasteiger charge is 2.16. The molecule has 3 nitrogen and oxygen atoms in total. The Morgan fingerprint density at radius 1 is 1.62 bits per heavy atom. The topological polar surface area (TPSA) is 46.5 Å². The molecule has 0 aliphatic heterocycles. The van der Waals surface area contributed by atoms with Crippen LogP contribution in [0.25, 0.3) is 0 Å². The maximum absolute atomic E-state index is 11.7. The molecule has 0 heterocycles. The summed E-state index contributed by atoms with van der Waals surface area (Å²) < 4.78 is 20.3. The number of carbonyl (C=O) groups excluding carboxylic acids is 1. The van der Waals surface area contributed by atoms with Crippen LogP contribution in [0.4, 0.5) is 0 Å². The lowest BCUT2D eigenvalue weighted by Crippen LogP contribution is -2.06. The van der Waals surface area contributed by atoms with E-state index in [9.17, 15) is 9.90 Å². The lowest BCUT2D eigenvalue weighted by molar-refractivity contribution is 0.0599. The molecular weight excluding hydrogens is 272 g/mol. The van der Waals surface area contributed by atoms with Gasteiger partial charge in [0.05, 0.1) is 15.4 Å². The minimum atomic E-state index is -0.665. The Kier molecular flexibility index (Phi) is 3.74. The van der Waals surface area contributed by atoms with E-state index in [1.165, 1.54) is 7.11 Å². The van der Waals surface area contributed by atoms with Crippen LogP contribution < -0.4 is 0 Å². The molecule has 0 amide bonds. The van der Waals surface area contributed by atoms with Crippen LogP contribution in [0.5, 0.6) is 5.75 Å². The molecule has 0 atom stereocenters. The average molecular weight is 289 g/mol. The van der Waals surface area contributed by atoms with Crippen LogP contribution in [-0.4, -0.2) is 18.2 Å². The summed E-state index contributed by atoms with van der Waals surface area (Å²) in [7, 11) is 1.23. The molecule has 0 bridgehead atoms. The number of unbranched alkanes of at least 4 members (excludes halogenated alkanes) is 1. The molecule has 0 radical (unpaired) electrons. The number of aromatic hydroxyl groups is 1. The number of rotatable bonds is 4. The Morgan fingerprint density at radius 3 is 2.88 bits per heavy atom. The minimum Gasteiger partial charge on any atom is -0.508 e. The summed E-state index contributed by atoms with van der Waals surface area (Å²) in [6.45, 7) is 1.98. The van der Waals surface area contributed by atoms with Gasteiger partial charge >= 0.3 is 5.97 Å². The number of benzene rings is 1. The van der Waals surface area contributed by atoms with Crippen LogP contribution in [0, 0.1) is 0 Å². The van der Waals surface area contributed by atoms with Gasteiger partial charge in [-0.1, -0.05) is 29.3 Å². The van der Waals surface area contributed by atoms with Crippen molar-refractivity contribution in [3.8, 4) is 5.75 Å². The number of halogens is 1. The Morgan fingerprint density at radius 2 is 2.31 bits per heavy atom. The summed E-state index contributed by atoms with van der Waals surface area (Å²) in [5, 5.41) is 9.95. The van der Waals surface area contributed by atoms with E-state index in [-0.39, 0.29) is 27.9 Å². The van der Waals surface area contributed by atoms with Gasteiger partial charge in [0, 0.05) is 10.0 Å². The molecule has 0 saturated heterocycles. The molecular formula is C12H15BrO3. The second-order valence-corrected chi connectivity index (χ2v) is 4.15. The van der Waals surface area contributed by atoms with E-state index in [0.29, 0.717) is 12.0 Å². The van der Waals surface area contributed by atoms with E-state index in [2.05, 4.69) is 20.7 Å². The molecule has 16 heavy (non-hydrogen) atoms. The first-order chi connectivity index (χ1) is 8.45. The second kappa shape index (κ2) is 5.89. The highest BCUT2D eigenvalue weighted by molar-refractivity contribution is 9.10.